The standard InChI is InChI=1S/C15H18N2O5/c1-9-3-5-11(6-4-9)17-8-7-16(10(2)18)12(14(17)20)13(19)15(21)22/h3-6,12-13,19H,7-8H2,1-2H3,(H,21,22). The third kappa shape index (κ3) is 2.94. The van der Waals surface area contributed by atoms with Crippen molar-refractivity contribution in [3.63, 3.8) is 0 Å². The normalized spacial score (nSPS) is 20.0. The smallest absolute Gasteiger partial charge is 0.335 e. The number of amides is 2. The molecule has 118 valence electrons. The minimum atomic E-state index is -1.95. The number of hydrogen-bond donors (Lipinski definition) is 2. The van der Waals surface area contributed by atoms with Gasteiger partial charge in [0.2, 0.25) is 5.91 Å². The lowest BCUT2D eigenvalue weighted by molar-refractivity contribution is -0.158. The highest BCUT2D eigenvalue weighted by atomic mass is 16.4. The summed E-state index contributed by atoms with van der Waals surface area (Å²) < 4.78 is 0. The predicted molar refractivity (Wildman–Crippen MR) is 78.3 cm³/mol. The molecule has 0 radical (unpaired) electrons. The first-order valence-corrected chi connectivity index (χ1v) is 6.89. The highest BCUT2D eigenvalue weighted by molar-refractivity contribution is 6.03. The molecule has 1 aliphatic rings. The second-order valence-corrected chi connectivity index (χ2v) is 5.27. The summed E-state index contributed by atoms with van der Waals surface area (Å²) in [6, 6.07) is 5.76. The molecule has 7 nitrogen and oxygen atoms in total. The van der Waals surface area contributed by atoms with Crippen LogP contribution >= 0.6 is 0 Å². The zero-order valence-electron chi connectivity index (χ0n) is 12.4. The van der Waals surface area contributed by atoms with Gasteiger partial charge in [0.25, 0.3) is 5.91 Å². The van der Waals surface area contributed by atoms with E-state index in [0.717, 1.165) is 10.5 Å². The van der Waals surface area contributed by atoms with Crippen LogP contribution in [0.25, 0.3) is 0 Å². The quantitative estimate of drug-likeness (QED) is 0.819. The molecule has 2 unspecified atom stereocenters. The molecule has 0 aliphatic carbocycles. The summed E-state index contributed by atoms with van der Waals surface area (Å²) in [6.07, 6.45) is -1.95. The second kappa shape index (κ2) is 6.15. The molecule has 0 saturated carbocycles. The van der Waals surface area contributed by atoms with Gasteiger partial charge in [-0.15, -0.1) is 0 Å². The molecule has 7 heteroatoms. The molecule has 0 bridgehead atoms. The number of aryl methyl sites for hydroxylation is 1. The number of aliphatic hydroxyl groups excluding tert-OH is 1. The average Bonchev–Trinajstić information content (AvgIpc) is 2.47. The molecule has 1 aromatic rings. The zero-order chi connectivity index (χ0) is 16.4. The van der Waals surface area contributed by atoms with Crippen molar-refractivity contribution < 1.29 is 24.6 Å². The van der Waals surface area contributed by atoms with Crippen LogP contribution in [0.1, 0.15) is 12.5 Å². The van der Waals surface area contributed by atoms with Gasteiger partial charge in [0.15, 0.2) is 6.10 Å². The van der Waals surface area contributed by atoms with Gasteiger partial charge in [0.05, 0.1) is 0 Å². The molecule has 1 aliphatic heterocycles. The summed E-state index contributed by atoms with van der Waals surface area (Å²) in [5.74, 6) is -2.57. The van der Waals surface area contributed by atoms with Gasteiger partial charge >= 0.3 is 5.97 Å². The lowest BCUT2D eigenvalue weighted by Crippen LogP contribution is -2.64. The number of carboxylic acid groups (broad SMARTS) is 1. The summed E-state index contributed by atoms with van der Waals surface area (Å²) in [6.45, 7) is 3.58. The van der Waals surface area contributed by atoms with Gasteiger partial charge in [0.1, 0.15) is 6.04 Å². The van der Waals surface area contributed by atoms with E-state index in [0.29, 0.717) is 5.69 Å². The predicted octanol–water partition coefficient (Wildman–Crippen LogP) is 0.00422. The van der Waals surface area contributed by atoms with Gasteiger partial charge in [-0.2, -0.15) is 0 Å². The van der Waals surface area contributed by atoms with Crippen LogP contribution in [0.3, 0.4) is 0 Å². The third-order valence-corrected chi connectivity index (χ3v) is 3.72. The molecule has 2 rings (SSSR count). The Morgan fingerprint density at radius 1 is 1.23 bits per heavy atom. The number of benzene rings is 1. The number of aliphatic carboxylic acids is 1. The van der Waals surface area contributed by atoms with Gasteiger partial charge in [-0.3, -0.25) is 9.59 Å². The van der Waals surface area contributed by atoms with Crippen molar-refractivity contribution in [3.05, 3.63) is 29.8 Å². The van der Waals surface area contributed by atoms with Crippen LogP contribution in [0, 0.1) is 6.92 Å². The molecule has 2 amide bonds. The number of piperazine rings is 1. The lowest BCUT2D eigenvalue weighted by Gasteiger charge is -2.41. The molecule has 2 N–H and O–H groups in total. The van der Waals surface area contributed by atoms with Crippen LogP contribution in [-0.2, 0) is 14.4 Å². The minimum Gasteiger partial charge on any atom is -0.479 e. The van der Waals surface area contributed by atoms with Crippen LogP contribution < -0.4 is 4.90 Å². The Bertz CT molecular complexity index is 598. The maximum atomic E-state index is 12.6. The summed E-state index contributed by atoms with van der Waals surface area (Å²) in [7, 11) is 0. The van der Waals surface area contributed by atoms with Crippen molar-refractivity contribution in [2.24, 2.45) is 0 Å². The van der Waals surface area contributed by atoms with Gasteiger partial charge in [-0.05, 0) is 19.1 Å². The molecule has 2 atom stereocenters. The maximum Gasteiger partial charge on any atom is 0.335 e. The van der Waals surface area contributed by atoms with E-state index in [9.17, 15) is 19.5 Å². The van der Waals surface area contributed by atoms with E-state index < -0.39 is 29.9 Å². The Hall–Kier alpha value is -2.41. The molecule has 0 spiro atoms. The monoisotopic (exact) mass is 306 g/mol. The van der Waals surface area contributed by atoms with Crippen LogP contribution in [0.15, 0.2) is 24.3 Å². The number of carboxylic acids is 1. The van der Waals surface area contributed by atoms with Gasteiger partial charge in [-0.25, -0.2) is 4.79 Å². The number of carbonyl (C=O) groups excluding carboxylic acids is 2. The van der Waals surface area contributed by atoms with E-state index in [1.54, 1.807) is 12.1 Å². The van der Waals surface area contributed by atoms with E-state index >= 15 is 0 Å². The molecule has 1 aromatic carbocycles. The number of hydrogen-bond acceptors (Lipinski definition) is 4. The topological polar surface area (TPSA) is 98.2 Å². The summed E-state index contributed by atoms with van der Waals surface area (Å²) in [5.41, 5.74) is 1.64. The molecular weight excluding hydrogens is 288 g/mol. The van der Waals surface area contributed by atoms with E-state index in [1.165, 1.54) is 11.8 Å². The van der Waals surface area contributed by atoms with E-state index in [4.69, 9.17) is 5.11 Å². The fourth-order valence-electron chi connectivity index (χ4n) is 2.52. The van der Waals surface area contributed by atoms with E-state index in [1.807, 2.05) is 19.1 Å². The van der Waals surface area contributed by atoms with Crippen molar-refractivity contribution in [3.8, 4) is 0 Å². The van der Waals surface area contributed by atoms with Crippen LogP contribution in [0.2, 0.25) is 0 Å². The van der Waals surface area contributed by atoms with Crippen LogP contribution in [0.4, 0.5) is 5.69 Å². The number of nitrogens with zero attached hydrogens (tertiary/aromatic N) is 2. The molecule has 1 fully saturated rings. The molecule has 0 aromatic heterocycles. The first-order valence-electron chi connectivity index (χ1n) is 6.89. The lowest BCUT2D eigenvalue weighted by atomic mass is 10.0. The molecule has 1 heterocycles. The molecule has 22 heavy (non-hydrogen) atoms. The Kier molecular flexibility index (Phi) is 4.46. The molecule has 1 saturated heterocycles. The Morgan fingerprint density at radius 3 is 2.32 bits per heavy atom. The van der Waals surface area contributed by atoms with Crippen molar-refractivity contribution in [1.82, 2.24) is 4.90 Å². The Labute approximate surface area is 127 Å². The highest BCUT2D eigenvalue weighted by Crippen LogP contribution is 2.22. The largest absolute Gasteiger partial charge is 0.479 e. The SMILES string of the molecule is CC(=O)N1CCN(c2ccc(C)cc2)C(=O)C1C(O)C(=O)O. The molecular formula is C15H18N2O5. The van der Waals surface area contributed by atoms with Crippen molar-refractivity contribution in [1.29, 1.82) is 0 Å². The van der Waals surface area contributed by atoms with E-state index in [2.05, 4.69) is 0 Å². The average molecular weight is 306 g/mol. The fraction of sp³-hybridized carbons (Fsp3) is 0.400. The van der Waals surface area contributed by atoms with Crippen molar-refractivity contribution >= 4 is 23.5 Å². The van der Waals surface area contributed by atoms with Gasteiger partial charge < -0.3 is 20.0 Å². The maximum absolute atomic E-state index is 12.6. The number of carbonyl (C=O) groups is 3. The fourth-order valence-corrected chi connectivity index (χ4v) is 2.52. The summed E-state index contributed by atoms with van der Waals surface area (Å²) >= 11 is 0. The third-order valence-electron chi connectivity index (χ3n) is 3.72. The van der Waals surface area contributed by atoms with E-state index in [-0.39, 0.29) is 13.1 Å². The van der Waals surface area contributed by atoms with Crippen LogP contribution in [-0.4, -0.2) is 58.1 Å². The van der Waals surface area contributed by atoms with Crippen molar-refractivity contribution in [2.45, 2.75) is 26.0 Å². The first-order chi connectivity index (χ1) is 10.3. The summed E-state index contributed by atoms with van der Waals surface area (Å²) in [4.78, 5) is 37.7. The first kappa shape index (κ1) is 16.0. The highest BCUT2D eigenvalue weighted by Gasteiger charge is 2.44. The van der Waals surface area contributed by atoms with Gasteiger partial charge in [0, 0.05) is 25.7 Å². The van der Waals surface area contributed by atoms with Crippen molar-refractivity contribution in [2.75, 3.05) is 18.0 Å². The Morgan fingerprint density at radius 2 is 1.82 bits per heavy atom. The zero-order valence-corrected chi connectivity index (χ0v) is 12.4. The minimum absolute atomic E-state index is 0.171. The van der Waals surface area contributed by atoms with Crippen LogP contribution in [0.5, 0.6) is 0 Å². The number of anilines is 1. The number of aliphatic hydroxyl groups is 1. The summed E-state index contributed by atoms with van der Waals surface area (Å²) in [5, 5.41) is 18.8. The van der Waals surface area contributed by atoms with Gasteiger partial charge in [-0.1, -0.05) is 17.7 Å². The number of rotatable bonds is 3. The second-order valence-electron chi connectivity index (χ2n) is 5.27. The Balaban J connectivity index is 2.34.